The fourth-order valence-corrected chi connectivity index (χ4v) is 3.87. The quantitative estimate of drug-likeness (QED) is 0.213. The summed E-state index contributed by atoms with van der Waals surface area (Å²) in [4.78, 5) is 0. The van der Waals surface area contributed by atoms with Crippen LogP contribution in [0.15, 0.2) is 4.36 Å². The highest BCUT2D eigenvalue weighted by Gasteiger charge is 1.95. The SMILES string of the molecule is CCCCCCCCCCCCCCCCCCCCN=S(C)(C)=O. The van der Waals surface area contributed by atoms with Gasteiger partial charge >= 0.3 is 0 Å². The van der Waals surface area contributed by atoms with Gasteiger partial charge in [-0.05, 0) is 6.42 Å². The first-order valence-electron chi connectivity index (χ1n) is 11.2. The highest BCUT2D eigenvalue weighted by Crippen LogP contribution is 2.14. The van der Waals surface area contributed by atoms with Gasteiger partial charge in [0.2, 0.25) is 0 Å². The molecule has 0 atom stereocenters. The molecule has 0 radical (unpaired) electrons. The predicted octanol–water partition coefficient (Wildman–Crippen LogP) is 7.76. The molecule has 0 aromatic heterocycles. The monoisotopic (exact) mass is 373 g/mol. The molecule has 2 nitrogen and oxygen atoms in total. The average Bonchev–Trinajstić information content (AvgIpc) is 2.56. The fourth-order valence-electron chi connectivity index (χ4n) is 3.30. The second-order valence-corrected chi connectivity index (χ2v) is 10.7. The van der Waals surface area contributed by atoms with Crippen molar-refractivity contribution in [2.45, 2.75) is 122 Å². The normalized spacial score (nSPS) is 11.8. The van der Waals surface area contributed by atoms with E-state index >= 15 is 0 Å². The van der Waals surface area contributed by atoms with Crippen LogP contribution in [0.3, 0.4) is 0 Å². The summed E-state index contributed by atoms with van der Waals surface area (Å²) in [6.45, 7) is 3.07. The molecule has 0 aliphatic carbocycles. The second-order valence-electron chi connectivity index (χ2n) is 8.04. The van der Waals surface area contributed by atoms with E-state index in [-0.39, 0.29) is 0 Å². The minimum Gasteiger partial charge on any atom is -0.250 e. The molecule has 152 valence electrons. The molecule has 0 aliphatic heterocycles. The highest BCUT2D eigenvalue weighted by atomic mass is 32.2. The van der Waals surface area contributed by atoms with Crippen LogP contribution in [0.25, 0.3) is 0 Å². The second kappa shape index (κ2) is 18.7. The smallest absolute Gasteiger partial charge is 0.0484 e. The number of hydrogen-bond acceptors (Lipinski definition) is 2. The third-order valence-electron chi connectivity index (χ3n) is 4.91. The minimum absolute atomic E-state index is 0.782. The Balaban J connectivity index is 3.06. The summed E-state index contributed by atoms with van der Waals surface area (Å²) in [5, 5.41) is 0. The Morgan fingerprint density at radius 2 is 0.800 bits per heavy atom. The van der Waals surface area contributed by atoms with E-state index in [0.717, 1.165) is 13.0 Å². The van der Waals surface area contributed by atoms with Gasteiger partial charge in [-0.2, -0.15) is 0 Å². The van der Waals surface area contributed by atoms with Crippen LogP contribution in [-0.4, -0.2) is 23.3 Å². The van der Waals surface area contributed by atoms with E-state index < -0.39 is 9.73 Å². The molecule has 0 saturated carbocycles. The van der Waals surface area contributed by atoms with Crippen LogP contribution in [0.4, 0.5) is 0 Å². The number of unbranched alkanes of at least 4 members (excludes halogenated alkanes) is 17. The molecule has 0 aromatic carbocycles. The Kier molecular flexibility index (Phi) is 18.7. The third kappa shape index (κ3) is 24.0. The lowest BCUT2D eigenvalue weighted by Gasteiger charge is -2.03. The van der Waals surface area contributed by atoms with Gasteiger partial charge in [0, 0.05) is 28.8 Å². The Bertz CT molecular complexity index is 364. The molecule has 0 rings (SSSR count). The van der Waals surface area contributed by atoms with Gasteiger partial charge in [0.05, 0.1) is 0 Å². The van der Waals surface area contributed by atoms with Crippen molar-refractivity contribution in [2.75, 3.05) is 19.1 Å². The van der Waals surface area contributed by atoms with Gasteiger partial charge in [-0.15, -0.1) is 0 Å². The standard InChI is InChI=1S/C22H47NOS/c1-4-5-6-7-8-9-10-11-12-13-14-15-16-17-18-19-20-21-22-23-25(2,3)24/h4-22H2,1-3H3. The molecular formula is C22H47NOS. The maximum atomic E-state index is 11.4. The van der Waals surface area contributed by atoms with E-state index in [1.165, 1.54) is 109 Å². The maximum absolute atomic E-state index is 11.4. The van der Waals surface area contributed by atoms with E-state index in [4.69, 9.17) is 0 Å². The van der Waals surface area contributed by atoms with Crippen LogP contribution in [0.1, 0.15) is 122 Å². The Labute approximate surface area is 160 Å². The molecule has 0 heterocycles. The summed E-state index contributed by atoms with van der Waals surface area (Å²) in [5.74, 6) is 0. The molecule has 0 N–H and O–H groups in total. The summed E-state index contributed by atoms with van der Waals surface area (Å²) >= 11 is 0. The van der Waals surface area contributed by atoms with Gasteiger partial charge in [-0.3, -0.25) is 4.21 Å². The van der Waals surface area contributed by atoms with Gasteiger partial charge in [0.15, 0.2) is 0 Å². The summed E-state index contributed by atoms with van der Waals surface area (Å²) in [6, 6.07) is 0. The van der Waals surface area contributed by atoms with Crippen molar-refractivity contribution in [1.82, 2.24) is 0 Å². The van der Waals surface area contributed by atoms with Crippen LogP contribution >= 0.6 is 0 Å². The molecule has 0 unspecified atom stereocenters. The molecular weight excluding hydrogens is 326 g/mol. The van der Waals surface area contributed by atoms with Crippen molar-refractivity contribution in [3.8, 4) is 0 Å². The maximum Gasteiger partial charge on any atom is 0.0484 e. The van der Waals surface area contributed by atoms with Gasteiger partial charge in [-0.25, -0.2) is 4.36 Å². The van der Waals surface area contributed by atoms with E-state index in [2.05, 4.69) is 11.3 Å². The molecule has 0 bridgehead atoms. The van der Waals surface area contributed by atoms with Crippen LogP contribution in [0.5, 0.6) is 0 Å². The molecule has 0 spiro atoms. The zero-order chi connectivity index (χ0) is 18.6. The molecule has 25 heavy (non-hydrogen) atoms. The van der Waals surface area contributed by atoms with Gasteiger partial charge < -0.3 is 0 Å². The first-order chi connectivity index (χ1) is 12.1. The zero-order valence-corrected chi connectivity index (χ0v) is 18.5. The average molecular weight is 374 g/mol. The van der Waals surface area contributed by atoms with Crippen LogP contribution in [-0.2, 0) is 9.73 Å². The van der Waals surface area contributed by atoms with Gasteiger partial charge in [0.1, 0.15) is 0 Å². The molecule has 0 fully saturated rings. The summed E-state index contributed by atoms with van der Waals surface area (Å²) < 4.78 is 15.6. The number of nitrogens with zero attached hydrogens (tertiary/aromatic N) is 1. The Morgan fingerprint density at radius 1 is 0.520 bits per heavy atom. The van der Waals surface area contributed by atoms with Crippen molar-refractivity contribution in [1.29, 1.82) is 0 Å². The lowest BCUT2D eigenvalue weighted by Crippen LogP contribution is -1.93. The lowest BCUT2D eigenvalue weighted by molar-refractivity contribution is 0.525. The first kappa shape index (κ1) is 24.9. The van der Waals surface area contributed by atoms with E-state index in [1.54, 1.807) is 12.5 Å². The largest absolute Gasteiger partial charge is 0.250 e. The topological polar surface area (TPSA) is 29.4 Å². The van der Waals surface area contributed by atoms with Gasteiger partial charge in [-0.1, -0.05) is 116 Å². The van der Waals surface area contributed by atoms with Crippen molar-refractivity contribution in [3.63, 3.8) is 0 Å². The summed E-state index contributed by atoms with van der Waals surface area (Å²) in [7, 11) is -1.87. The van der Waals surface area contributed by atoms with E-state index in [1.807, 2.05) is 0 Å². The molecule has 0 amide bonds. The lowest BCUT2D eigenvalue weighted by atomic mass is 10.0. The predicted molar refractivity (Wildman–Crippen MR) is 116 cm³/mol. The zero-order valence-electron chi connectivity index (χ0n) is 17.7. The molecule has 0 aliphatic rings. The van der Waals surface area contributed by atoms with Crippen molar-refractivity contribution >= 4 is 9.73 Å². The van der Waals surface area contributed by atoms with Gasteiger partial charge in [0.25, 0.3) is 0 Å². The Hall–Kier alpha value is -0.0500. The fraction of sp³-hybridized carbons (Fsp3) is 1.00. The number of hydrogen-bond donors (Lipinski definition) is 0. The molecule has 3 heteroatoms. The van der Waals surface area contributed by atoms with Crippen LogP contribution in [0.2, 0.25) is 0 Å². The van der Waals surface area contributed by atoms with Crippen LogP contribution in [0, 0.1) is 0 Å². The Morgan fingerprint density at radius 3 is 1.08 bits per heavy atom. The first-order valence-corrected chi connectivity index (χ1v) is 13.5. The highest BCUT2D eigenvalue weighted by molar-refractivity contribution is 7.92. The molecule has 0 saturated heterocycles. The van der Waals surface area contributed by atoms with E-state index in [0.29, 0.717) is 0 Å². The number of rotatable bonds is 19. The van der Waals surface area contributed by atoms with E-state index in [9.17, 15) is 4.21 Å². The van der Waals surface area contributed by atoms with Crippen molar-refractivity contribution in [2.24, 2.45) is 4.36 Å². The van der Waals surface area contributed by atoms with Crippen molar-refractivity contribution < 1.29 is 4.21 Å². The third-order valence-corrected chi connectivity index (χ3v) is 5.72. The summed E-state index contributed by atoms with van der Waals surface area (Å²) in [5.41, 5.74) is 0. The minimum atomic E-state index is -1.87. The van der Waals surface area contributed by atoms with Crippen molar-refractivity contribution in [3.05, 3.63) is 0 Å². The van der Waals surface area contributed by atoms with Crippen LogP contribution < -0.4 is 0 Å². The summed E-state index contributed by atoms with van der Waals surface area (Å²) in [6.07, 6.45) is 28.6. The molecule has 0 aromatic rings.